The summed E-state index contributed by atoms with van der Waals surface area (Å²) in [6.07, 6.45) is 2.90. The van der Waals surface area contributed by atoms with Crippen molar-refractivity contribution in [3.8, 4) is 0 Å². The fraction of sp³-hybridized carbons (Fsp3) is 0.167. The van der Waals surface area contributed by atoms with Crippen molar-refractivity contribution in [2.24, 2.45) is 0 Å². The van der Waals surface area contributed by atoms with Crippen molar-refractivity contribution >= 4 is 31.2 Å². The van der Waals surface area contributed by atoms with Crippen LogP contribution in [0.1, 0.15) is 16.4 Å². The van der Waals surface area contributed by atoms with E-state index in [0.717, 1.165) is 23.5 Å². The van der Waals surface area contributed by atoms with Crippen molar-refractivity contribution in [3.05, 3.63) is 77.2 Å². The SMILES string of the molecule is Cc1cc(S(=O)(=O)NCC(c2cccnc2)S(=O)(=O)c2cccs2)ccc1F. The van der Waals surface area contributed by atoms with E-state index in [0.29, 0.717) is 5.56 Å². The molecule has 0 saturated carbocycles. The number of pyridine rings is 1. The Bertz CT molecular complexity index is 1160. The minimum absolute atomic E-state index is 0.134. The van der Waals surface area contributed by atoms with Crippen LogP contribution in [-0.2, 0) is 19.9 Å². The van der Waals surface area contributed by atoms with Crippen LogP contribution in [0.5, 0.6) is 0 Å². The van der Waals surface area contributed by atoms with Gasteiger partial charge in [0.05, 0.1) is 4.90 Å². The van der Waals surface area contributed by atoms with Crippen LogP contribution in [0.25, 0.3) is 0 Å². The van der Waals surface area contributed by atoms with Gasteiger partial charge in [0.1, 0.15) is 15.3 Å². The zero-order valence-electron chi connectivity index (χ0n) is 14.7. The van der Waals surface area contributed by atoms with Crippen molar-refractivity contribution < 1.29 is 21.2 Å². The Morgan fingerprint density at radius 2 is 1.93 bits per heavy atom. The molecule has 3 aromatic rings. The minimum Gasteiger partial charge on any atom is -0.264 e. The van der Waals surface area contributed by atoms with E-state index in [9.17, 15) is 21.2 Å². The second kappa shape index (κ2) is 8.08. The molecule has 1 N–H and O–H groups in total. The van der Waals surface area contributed by atoms with E-state index in [1.54, 1.807) is 23.6 Å². The molecule has 0 bridgehead atoms. The number of thiophene rings is 1. The van der Waals surface area contributed by atoms with Crippen molar-refractivity contribution in [3.63, 3.8) is 0 Å². The molecular weight excluding hydrogens is 423 g/mol. The topological polar surface area (TPSA) is 93.2 Å². The van der Waals surface area contributed by atoms with Crippen LogP contribution in [-0.4, -0.2) is 28.4 Å². The molecule has 28 heavy (non-hydrogen) atoms. The standard InChI is InChI=1S/C18H17FN2O4S3/c1-13-10-15(6-7-16(13)19)28(24,25)21-12-17(14-4-2-8-20-11-14)27(22,23)18-5-3-9-26-18/h2-11,17,21H,12H2,1H3. The Morgan fingerprint density at radius 3 is 2.54 bits per heavy atom. The molecule has 0 spiro atoms. The molecule has 6 nitrogen and oxygen atoms in total. The van der Waals surface area contributed by atoms with Gasteiger partial charge in [-0.05, 0) is 53.8 Å². The minimum atomic E-state index is -4.03. The van der Waals surface area contributed by atoms with Crippen LogP contribution in [0.4, 0.5) is 4.39 Å². The molecule has 0 aliphatic carbocycles. The molecule has 0 aliphatic rings. The van der Waals surface area contributed by atoms with Crippen LogP contribution in [0.2, 0.25) is 0 Å². The predicted octanol–water partition coefficient (Wildman–Crippen LogP) is 3.08. The maximum atomic E-state index is 13.4. The summed E-state index contributed by atoms with van der Waals surface area (Å²) < 4.78 is 67.2. The molecule has 0 fully saturated rings. The highest BCUT2D eigenvalue weighted by Gasteiger charge is 2.31. The van der Waals surface area contributed by atoms with Gasteiger partial charge in [0.2, 0.25) is 10.0 Å². The van der Waals surface area contributed by atoms with Crippen molar-refractivity contribution in [2.45, 2.75) is 21.3 Å². The molecule has 0 radical (unpaired) electrons. The van der Waals surface area contributed by atoms with E-state index in [4.69, 9.17) is 0 Å². The lowest BCUT2D eigenvalue weighted by Crippen LogP contribution is -2.32. The van der Waals surface area contributed by atoms with E-state index >= 15 is 0 Å². The summed E-state index contributed by atoms with van der Waals surface area (Å²) in [5.41, 5.74) is 0.548. The summed E-state index contributed by atoms with van der Waals surface area (Å²) in [7, 11) is -7.87. The lowest BCUT2D eigenvalue weighted by atomic mass is 10.2. The molecule has 10 heteroatoms. The molecule has 148 valence electrons. The van der Waals surface area contributed by atoms with E-state index < -0.39 is 30.9 Å². The lowest BCUT2D eigenvalue weighted by molar-refractivity contribution is 0.569. The van der Waals surface area contributed by atoms with Crippen LogP contribution >= 0.6 is 11.3 Å². The largest absolute Gasteiger partial charge is 0.264 e. The third-order valence-corrected chi connectivity index (χ3v) is 9.06. The van der Waals surface area contributed by atoms with Gasteiger partial charge in [-0.15, -0.1) is 11.3 Å². The number of hydrogen-bond acceptors (Lipinski definition) is 6. The van der Waals surface area contributed by atoms with Gasteiger partial charge in [-0.1, -0.05) is 12.1 Å². The summed E-state index contributed by atoms with van der Waals surface area (Å²) in [6, 6.07) is 9.65. The van der Waals surface area contributed by atoms with E-state index in [-0.39, 0.29) is 21.2 Å². The maximum absolute atomic E-state index is 13.4. The summed E-state index contributed by atoms with van der Waals surface area (Å²) >= 11 is 1.06. The molecule has 0 saturated heterocycles. The fourth-order valence-electron chi connectivity index (χ4n) is 2.59. The van der Waals surface area contributed by atoms with Crippen molar-refractivity contribution in [1.29, 1.82) is 0 Å². The zero-order chi connectivity index (χ0) is 20.4. The lowest BCUT2D eigenvalue weighted by Gasteiger charge is -2.18. The second-order valence-corrected chi connectivity index (χ2v) is 11.1. The molecule has 1 atom stereocenters. The first kappa shape index (κ1) is 20.6. The Morgan fingerprint density at radius 1 is 1.14 bits per heavy atom. The number of rotatable bonds is 7. The molecule has 0 aliphatic heterocycles. The molecule has 0 amide bonds. The van der Waals surface area contributed by atoms with Gasteiger partial charge in [0, 0.05) is 18.9 Å². The van der Waals surface area contributed by atoms with Crippen molar-refractivity contribution in [1.82, 2.24) is 9.71 Å². The molecule has 2 heterocycles. The number of nitrogens with one attached hydrogen (secondary N) is 1. The third kappa shape index (κ3) is 4.30. The number of sulfonamides is 1. The van der Waals surface area contributed by atoms with E-state index in [1.165, 1.54) is 31.5 Å². The molecule has 1 aromatic carbocycles. The summed E-state index contributed by atoms with van der Waals surface area (Å²) in [5, 5.41) is 0.481. The van der Waals surface area contributed by atoms with Crippen molar-refractivity contribution in [2.75, 3.05) is 6.54 Å². The van der Waals surface area contributed by atoms with Gasteiger partial charge in [-0.25, -0.2) is 25.9 Å². The van der Waals surface area contributed by atoms with Crippen LogP contribution in [0.15, 0.2) is 69.3 Å². The first-order valence-corrected chi connectivity index (χ1v) is 12.1. The first-order valence-electron chi connectivity index (χ1n) is 8.15. The monoisotopic (exact) mass is 440 g/mol. The van der Waals surface area contributed by atoms with Gasteiger partial charge in [0.25, 0.3) is 0 Å². The normalized spacial score (nSPS) is 13.4. The molecular formula is C18H17FN2O4S3. The van der Waals surface area contributed by atoms with Gasteiger partial charge >= 0.3 is 0 Å². The average molecular weight is 441 g/mol. The number of sulfone groups is 1. The van der Waals surface area contributed by atoms with E-state index in [1.807, 2.05) is 0 Å². The number of benzene rings is 1. The third-order valence-electron chi connectivity index (χ3n) is 4.10. The number of aromatic nitrogens is 1. The summed E-state index contributed by atoms with van der Waals surface area (Å²) in [4.78, 5) is 3.81. The smallest absolute Gasteiger partial charge is 0.240 e. The van der Waals surface area contributed by atoms with Crippen LogP contribution in [0, 0.1) is 12.7 Å². The first-order chi connectivity index (χ1) is 13.2. The van der Waals surface area contributed by atoms with Crippen LogP contribution < -0.4 is 4.72 Å². The highest BCUT2D eigenvalue weighted by Crippen LogP contribution is 2.31. The fourth-order valence-corrected chi connectivity index (χ4v) is 6.68. The number of halogens is 1. The van der Waals surface area contributed by atoms with Gasteiger partial charge in [-0.3, -0.25) is 4.98 Å². The number of hydrogen-bond donors (Lipinski definition) is 1. The van der Waals surface area contributed by atoms with Gasteiger partial charge in [-0.2, -0.15) is 0 Å². The maximum Gasteiger partial charge on any atom is 0.240 e. The second-order valence-electron chi connectivity index (χ2n) is 6.01. The van der Waals surface area contributed by atoms with Gasteiger partial charge in [0.15, 0.2) is 9.84 Å². The Labute approximate surface area is 167 Å². The quantitative estimate of drug-likeness (QED) is 0.609. The number of nitrogens with zero attached hydrogens (tertiary/aromatic N) is 1. The van der Waals surface area contributed by atoms with Crippen LogP contribution in [0.3, 0.4) is 0 Å². The summed E-state index contributed by atoms with van der Waals surface area (Å²) in [6.45, 7) is 1.07. The Hall–Kier alpha value is -2.14. The summed E-state index contributed by atoms with van der Waals surface area (Å²) in [5.74, 6) is -0.521. The van der Waals surface area contributed by atoms with Gasteiger partial charge < -0.3 is 0 Å². The molecule has 2 aromatic heterocycles. The zero-order valence-corrected chi connectivity index (χ0v) is 17.2. The number of aryl methyl sites for hydroxylation is 1. The molecule has 3 rings (SSSR count). The highest BCUT2D eigenvalue weighted by atomic mass is 32.2. The highest BCUT2D eigenvalue weighted by molar-refractivity contribution is 7.93. The molecule has 1 unspecified atom stereocenters. The van der Waals surface area contributed by atoms with E-state index in [2.05, 4.69) is 9.71 Å². The average Bonchev–Trinajstić information content (AvgIpc) is 3.20. The predicted molar refractivity (Wildman–Crippen MR) is 105 cm³/mol. The Balaban J connectivity index is 1.93. The Kier molecular flexibility index (Phi) is 5.94.